The average molecular weight is 514 g/mol. The topological polar surface area (TPSA) is 87.2 Å². The highest BCUT2D eigenvalue weighted by Crippen LogP contribution is 2.36. The van der Waals surface area contributed by atoms with Crippen molar-refractivity contribution >= 4 is 39.4 Å². The van der Waals surface area contributed by atoms with Crippen molar-refractivity contribution in [1.29, 1.82) is 0 Å². The van der Waals surface area contributed by atoms with Crippen LogP contribution in [0, 0.1) is 0 Å². The van der Waals surface area contributed by atoms with E-state index in [0.717, 1.165) is 24.5 Å². The molecule has 6 rings (SSSR count). The predicted molar refractivity (Wildman–Crippen MR) is 135 cm³/mol. The molecule has 186 valence electrons. The number of fused-ring (bicyclic) bond motifs is 1. The fourth-order valence-electron chi connectivity index (χ4n) is 4.71. The molecule has 1 aliphatic carbocycles. The third kappa shape index (κ3) is 4.11. The lowest BCUT2D eigenvalue weighted by atomic mass is 10.0. The van der Waals surface area contributed by atoms with E-state index < -0.39 is 22.7 Å². The molecule has 36 heavy (non-hydrogen) atoms. The number of nitrogens with zero attached hydrogens (tertiary/aromatic N) is 3. The molecule has 0 radical (unpaired) electrons. The molecule has 0 amide bonds. The van der Waals surface area contributed by atoms with E-state index in [9.17, 15) is 22.8 Å². The zero-order chi connectivity index (χ0) is 25.0. The Morgan fingerprint density at radius 3 is 2.39 bits per heavy atom. The van der Waals surface area contributed by atoms with Gasteiger partial charge in [-0.15, -0.1) is 0 Å². The normalized spacial score (nSPS) is 17.1. The van der Waals surface area contributed by atoms with Crippen LogP contribution in [0.15, 0.2) is 44.7 Å². The van der Waals surface area contributed by atoms with Crippen molar-refractivity contribution in [1.82, 2.24) is 9.97 Å². The Kier molecular flexibility index (Phi) is 5.47. The molecule has 2 N–H and O–H groups in total. The van der Waals surface area contributed by atoms with E-state index in [4.69, 9.17) is 0 Å². The molecule has 1 aliphatic heterocycles. The maximum absolute atomic E-state index is 13.4. The van der Waals surface area contributed by atoms with Crippen molar-refractivity contribution in [3.05, 3.63) is 61.3 Å². The number of rotatable bonds is 6. The number of hydrogen-bond donors (Lipinski definition) is 2. The fourth-order valence-corrected chi connectivity index (χ4v) is 5.36. The summed E-state index contributed by atoms with van der Waals surface area (Å²) in [5, 5.41) is 10.8. The van der Waals surface area contributed by atoms with Crippen LogP contribution in [0.2, 0.25) is 0 Å². The minimum atomic E-state index is -4.55. The van der Waals surface area contributed by atoms with E-state index >= 15 is 0 Å². The molecule has 0 spiro atoms. The Balaban J connectivity index is 1.24. The first-order chi connectivity index (χ1) is 17.3. The van der Waals surface area contributed by atoms with Crippen molar-refractivity contribution in [2.24, 2.45) is 0 Å². The third-order valence-electron chi connectivity index (χ3n) is 6.81. The molecule has 2 aliphatic rings. The zero-order valence-corrected chi connectivity index (χ0v) is 19.9. The van der Waals surface area contributed by atoms with E-state index in [2.05, 4.69) is 20.6 Å². The van der Waals surface area contributed by atoms with Gasteiger partial charge in [-0.3, -0.25) is 9.59 Å². The van der Waals surface area contributed by atoms with Gasteiger partial charge in [-0.2, -0.15) is 24.5 Å². The Morgan fingerprint density at radius 2 is 1.72 bits per heavy atom. The summed E-state index contributed by atoms with van der Waals surface area (Å²) >= 11 is 1.45. The summed E-state index contributed by atoms with van der Waals surface area (Å²) in [6.45, 7) is 1.17. The van der Waals surface area contributed by atoms with Crippen LogP contribution in [0.25, 0.3) is 22.0 Å². The lowest BCUT2D eigenvalue weighted by Crippen LogP contribution is -2.47. The molecular formula is C25H22F3N5O2S. The molecule has 1 saturated heterocycles. The number of alkyl halides is 3. The molecule has 1 saturated carbocycles. The van der Waals surface area contributed by atoms with Crippen LogP contribution in [-0.2, 0) is 6.18 Å². The van der Waals surface area contributed by atoms with Gasteiger partial charge >= 0.3 is 6.18 Å². The van der Waals surface area contributed by atoms with Gasteiger partial charge in [-0.05, 0) is 60.2 Å². The van der Waals surface area contributed by atoms with E-state index in [1.54, 1.807) is 6.20 Å². The van der Waals surface area contributed by atoms with Crippen molar-refractivity contribution in [2.45, 2.75) is 43.9 Å². The van der Waals surface area contributed by atoms with Gasteiger partial charge in [0, 0.05) is 42.3 Å². The molecule has 0 atom stereocenters. The standard InChI is InChI=1S/C25H22F3N5O2S/c26-25(27,28)18-4-3-16-19(32-18)17(13-7-10-36-12-13)11-29-24(16)31-15-5-8-33(9-6-15)21-20(22(34)23(21)35)30-14-1-2-14/h3-4,7,10-12,14-15,30H,1-2,5-6,8-9H2,(H,29,31). The molecular weight excluding hydrogens is 491 g/mol. The Labute approximate surface area is 207 Å². The maximum atomic E-state index is 13.4. The van der Waals surface area contributed by atoms with Gasteiger partial charge < -0.3 is 15.5 Å². The van der Waals surface area contributed by atoms with Gasteiger partial charge in [0.05, 0.1) is 5.52 Å². The SMILES string of the molecule is O=c1c(NC2CC2)c(N2CCC(Nc3ncc(-c4ccsc4)c4nc(C(F)(F)F)ccc34)CC2)c1=O. The molecule has 2 fully saturated rings. The van der Waals surface area contributed by atoms with Crippen LogP contribution >= 0.6 is 11.3 Å². The molecule has 11 heteroatoms. The highest BCUT2D eigenvalue weighted by molar-refractivity contribution is 7.08. The largest absolute Gasteiger partial charge is 0.433 e. The molecule has 7 nitrogen and oxygen atoms in total. The summed E-state index contributed by atoms with van der Waals surface area (Å²) in [4.78, 5) is 34.7. The first-order valence-corrected chi connectivity index (χ1v) is 12.7. The van der Waals surface area contributed by atoms with Crippen LogP contribution < -0.4 is 26.4 Å². The highest BCUT2D eigenvalue weighted by atomic mass is 32.1. The Bertz CT molecular complexity index is 1500. The summed E-state index contributed by atoms with van der Waals surface area (Å²) in [7, 11) is 0. The van der Waals surface area contributed by atoms with Gasteiger partial charge in [-0.1, -0.05) is 0 Å². The average Bonchev–Trinajstić information content (AvgIpc) is 3.53. The Morgan fingerprint density at radius 1 is 0.972 bits per heavy atom. The summed E-state index contributed by atoms with van der Waals surface area (Å²) in [5.41, 5.74) is 0.673. The van der Waals surface area contributed by atoms with Crippen LogP contribution in [-0.4, -0.2) is 35.1 Å². The number of aromatic nitrogens is 2. The van der Waals surface area contributed by atoms with Crippen molar-refractivity contribution in [2.75, 3.05) is 28.6 Å². The van der Waals surface area contributed by atoms with Gasteiger partial charge in [-0.25, -0.2) is 9.97 Å². The number of piperidine rings is 1. The van der Waals surface area contributed by atoms with Crippen molar-refractivity contribution in [3.63, 3.8) is 0 Å². The van der Waals surface area contributed by atoms with Crippen LogP contribution in [0.1, 0.15) is 31.4 Å². The van der Waals surface area contributed by atoms with E-state index in [1.807, 2.05) is 21.7 Å². The zero-order valence-electron chi connectivity index (χ0n) is 19.1. The number of hydrogen-bond acceptors (Lipinski definition) is 8. The van der Waals surface area contributed by atoms with E-state index in [1.165, 1.54) is 17.4 Å². The number of nitrogens with one attached hydrogen (secondary N) is 2. The van der Waals surface area contributed by atoms with Gasteiger partial charge in [0.2, 0.25) is 0 Å². The summed E-state index contributed by atoms with van der Waals surface area (Å²) < 4.78 is 40.2. The Hall–Kier alpha value is -3.47. The fraction of sp³-hybridized carbons (Fsp3) is 0.360. The van der Waals surface area contributed by atoms with Gasteiger partial charge in [0.1, 0.15) is 22.9 Å². The quantitative estimate of drug-likeness (QED) is 0.364. The summed E-state index contributed by atoms with van der Waals surface area (Å²) in [6, 6.07) is 4.53. The van der Waals surface area contributed by atoms with E-state index in [-0.39, 0.29) is 17.6 Å². The summed E-state index contributed by atoms with van der Waals surface area (Å²) in [6.07, 6.45) is 0.405. The van der Waals surface area contributed by atoms with Crippen LogP contribution in [0.3, 0.4) is 0 Å². The second kappa shape index (κ2) is 8.58. The number of anilines is 3. The number of thiophene rings is 1. The molecule has 0 unspecified atom stereocenters. The minimum absolute atomic E-state index is 0.0116. The second-order valence-corrected chi connectivity index (χ2v) is 10.1. The van der Waals surface area contributed by atoms with Crippen LogP contribution in [0.4, 0.5) is 30.4 Å². The van der Waals surface area contributed by atoms with Crippen LogP contribution in [0.5, 0.6) is 0 Å². The predicted octanol–water partition coefficient (Wildman–Crippen LogP) is 4.63. The van der Waals surface area contributed by atoms with E-state index in [0.29, 0.717) is 54.1 Å². The number of pyridine rings is 2. The van der Waals surface area contributed by atoms with Gasteiger partial charge in [0.25, 0.3) is 10.9 Å². The molecule has 3 aromatic heterocycles. The lowest BCUT2D eigenvalue weighted by molar-refractivity contribution is -0.140. The third-order valence-corrected chi connectivity index (χ3v) is 7.50. The van der Waals surface area contributed by atoms with Gasteiger partial charge in [0.15, 0.2) is 0 Å². The van der Waals surface area contributed by atoms with Crippen molar-refractivity contribution in [3.8, 4) is 11.1 Å². The second-order valence-electron chi connectivity index (χ2n) is 9.33. The maximum Gasteiger partial charge on any atom is 0.433 e. The molecule has 1 aromatic carbocycles. The highest BCUT2D eigenvalue weighted by Gasteiger charge is 2.34. The lowest BCUT2D eigenvalue weighted by Gasteiger charge is -2.35. The summed E-state index contributed by atoms with van der Waals surface area (Å²) in [5.74, 6) is 0.480. The smallest absolute Gasteiger partial charge is 0.377 e. The monoisotopic (exact) mass is 513 g/mol. The molecule has 4 aromatic rings. The van der Waals surface area contributed by atoms with Crippen molar-refractivity contribution < 1.29 is 13.2 Å². The number of halogens is 3. The molecule has 4 heterocycles. The minimum Gasteiger partial charge on any atom is -0.377 e. The first kappa shape index (κ1) is 23.0. The first-order valence-electron chi connectivity index (χ1n) is 11.8. The molecule has 0 bridgehead atoms.